The standard InChI is InChI=1S/C38H32N2O3S/c1-25-17-23-31(24-18-25)44(41,42)39-36-33-14-8-10-16-35(33)43-38(36)37(40-27(3)26(2)32-13-7-9-15-34(32)40)30-21-19-29(20-22-30)28-11-5-4-6-12-28/h4-24,37,39H,1-3H3. The molecule has 0 aliphatic carbocycles. The van der Waals surface area contributed by atoms with Crippen molar-refractivity contribution in [2.75, 3.05) is 4.72 Å². The van der Waals surface area contributed by atoms with Gasteiger partial charge in [0.2, 0.25) is 0 Å². The fraction of sp³-hybridized carbons (Fsp3) is 0.105. The first-order valence-electron chi connectivity index (χ1n) is 14.6. The smallest absolute Gasteiger partial charge is 0.262 e. The summed E-state index contributed by atoms with van der Waals surface area (Å²) in [5, 5.41) is 1.85. The molecule has 0 saturated heterocycles. The Bertz CT molecular complexity index is 2230. The molecule has 7 rings (SSSR count). The van der Waals surface area contributed by atoms with Gasteiger partial charge >= 0.3 is 0 Å². The van der Waals surface area contributed by atoms with Gasteiger partial charge in [0.05, 0.1) is 4.90 Å². The van der Waals surface area contributed by atoms with Crippen molar-refractivity contribution in [1.82, 2.24) is 4.57 Å². The van der Waals surface area contributed by atoms with Crippen LogP contribution in [-0.4, -0.2) is 13.0 Å². The molecule has 1 unspecified atom stereocenters. The minimum absolute atomic E-state index is 0.196. The van der Waals surface area contributed by atoms with Crippen LogP contribution in [0.3, 0.4) is 0 Å². The Balaban J connectivity index is 1.47. The first-order chi connectivity index (χ1) is 21.3. The second kappa shape index (κ2) is 10.9. The first-order valence-corrected chi connectivity index (χ1v) is 16.1. The number of sulfonamides is 1. The summed E-state index contributed by atoms with van der Waals surface area (Å²) in [5.74, 6) is 0.526. The maximum absolute atomic E-state index is 13.8. The zero-order valence-corrected chi connectivity index (χ0v) is 25.6. The van der Waals surface area contributed by atoms with E-state index in [9.17, 15) is 8.42 Å². The van der Waals surface area contributed by atoms with E-state index in [1.807, 2.05) is 61.5 Å². The number of nitrogens with one attached hydrogen (secondary N) is 1. The summed E-state index contributed by atoms with van der Waals surface area (Å²) in [6.45, 7) is 6.17. The molecule has 5 aromatic carbocycles. The molecule has 6 heteroatoms. The quantitative estimate of drug-likeness (QED) is 0.199. The van der Waals surface area contributed by atoms with Crippen LogP contribution in [0, 0.1) is 20.8 Å². The molecule has 0 radical (unpaired) electrons. The van der Waals surface area contributed by atoms with E-state index in [2.05, 4.69) is 71.7 Å². The largest absolute Gasteiger partial charge is 0.456 e. The molecule has 0 fully saturated rings. The van der Waals surface area contributed by atoms with Gasteiger partial charge < -0.3 is 8.98 Å². The van der Waals surface area contributed by atoms with E-state index in [-0.39, 0.29) is 4.90 Å². The van der Waals surface area contributed by atoms with Crippen LogP contribution >= 0.6 is 0 Å². The number of aromatic nitrogens is 1. The van der Waals surface area contributed by atoms with Gasteiger partial charge in [-0.2, -0.15) is 0 Å². The number of hydrogen-bond donors (Lipinski definition) is 1. The molecule has 2 heterocycles. The Kier molecular flexibility index (Phi) is 6.87. The molecule has 0 bridgehead atoms. The maximum atomic E-state index is 13.8. The van der Waals surface area contributed by atoms with Gasteiger partial charge in [0, 0.05) is 22.0 Å². The Morgan fingerprint density at radius 3 is 2.00 bits per heavy atom. The van der Waals surface area contributed by atoms with Crippen molar-refractivity contribution in [1.29, 1.82) is 0 Å². The van der Waals surface area contributed by atoms with Gasteiger partial charge in [0.1, 0.15) is 17.3 Å². The van der Waals surface area contributed by atoms with Gasteiger partial charge in [-0.1, -0.05) is 103 Å². The summed E-state index contributed by atoms with van der Waals surface area (Å²) in [5.41, 5.74) is 8.54. The molecular weight excluding hydrogens is 564 g/mol. The van der Waals surface area contributed by atoms with E-state index < -0.39 is 16.1 Å². The molecule has 0 saturated carbocycles. The molecule has 1 atom stereocenters. The van der Waals surface area contributed by atoms with Crippen molar-refractivity contribution in [3.63, 3.8) is 0 Å². The van der Waals surface area contributed by atoms with Crippen LogP contribution in [0.25, 0.3) is 33.0 Å². The first kappa shape index (κ1) is 27.7. The van der Waals surface area contributed by atoms with Crippen molar-refractivity contribution in [3.8, 4) is 11.1 Å². The van der Waals surface area contributed by atoms with E-state index in [0.717, 1.165) is 38.9 Å². The highest BCUT2D eigenvalue weighted by atomic mass is 32.2. The van der Waals surface area contributed by atoms with Crippen LogP contribution in [-0.2, 0) is 10.0 Å². The van der Waals surface area contributed by atoms with Crippen molar-refractivity contribution in [2.45, 2.75) is 31.7 Å². The normalized spacial score (nSPS) is 12.5. The Labute approximate surface area is 257 Å². The Morgan fingerprint density at radius 1 is 0.659 bits per heavy atom. The minimum atomic E-state index is -3.92. The lowest BCUT2D eigenvalue weighted by Crippen LogP contribution is -2.18. The van der Waals surface area contributed by atoms with Gasteiger partial charge in [0.15, 0.2) is 5.76 Å². The summed E-state index contributed by atoms with van der Waals surface area (Å²) in [6, 6.07) is 41.0. The summed E-state index contributed by atoms with van der Waals surface area (Å²) in [7, 11) is -3.92. The van der Waals surface area contributed by atoms with Crippen LogP contribution in [0.15, 0.2) is 137 Å². The zero-order chi connectivity index (χ0) is 30.4. The molecule has 0 amide bonds. The summed E-state index contributed by atoms with van der Waals surface area (Å²) in [6.07, 6.45) is 0. The fourth-order valence-corrected chi connectivity index (χ4v) is 7.16. The number of rotatable bonds is 7. The molecule has 0 aliphatic heterocycles. The van der Waals surface area contributed by atoms with Crippen LogP contribution in [0.2, 0.25) is 0 Å². The van der Waals surface area contributed by atoms with Crippen molar-refractivity contribution < 1.29 is 12.8 Å². The van der Waals surface area contributed by atoms with Crippen molar-refractivity contribution in [3.05, 3.63) is 156 Å². The summed E-state index contributed by atoms with van der Waals surface area (Å²) in [4.78, 5) is 0.196. The van der Waals surface area contributed by atoms with Gasteiger partial charge in [-0.3, -0.25) is 4.72 Å². The van der Waals surface area contributed by atoms with E-state index >= 15 is 0 Å². The third kappa shape index (κ3) is 4.77. The molecule has 5 nitrogen and oxygen atoms in total. The average molecular weight is 597 g/mol. The third-order valence-electron chi connectivity index (χ3n) is 8.50. The molecule has 2 aromatic heterocycles. The number of para-hydroxylation sites is 2. The van der Waals surface area contributed by atoms with Crippen LogP contribution < -0.4 is 4.72 Å². The van der Waals surface area contributed by atoms with E-state index in [1.54, 1.807) is 24.3 Å². The molecule has 44 heavy (non-hydrogen) atoms. The topological polar surface area (TPSA) is 64.2 Å². The number of fused-ring (bicyclic) bond motifs is 2. The van der Waals surface area contributed by atoms with Crippen molar-refractivity contribution in [2.24, 2.45) is 0 Å². The predicted molar refractivity (Wildman–Crippen MR) is 179 cm³/mol. The average Bonchev–Trinajstić information content (AvgIpc) is 3.52. The lowest BCUT2D eigenvalue weighted by molar-refractivity contribution is 0.492. The predicted octanol–water partition coefficient (Wildman–Crippen LogP) is 9.42. The van der Waals surface area contributed by atoms with Crippen LogP contribution in [0.5, 0.6) is 0 Å². The maximum Gasteiger partial charge on any atom is 0.262 e. The van der Waals surface area contributed by atoms with E-state index in [0.29, 0.717) is 22.4 Å². The van der Waals surface area contributed by atoms with Gasteiger partial charge in [0.25, 0.3) is 10.0 Å². The molecule has 7 aromatic rings. The van der Waals surface area contributed by atoms with E-state index in [4.69, 9.17) is 4.42 Å². The third-order valence-corrected chi connectivity index (χ3v) is 9.87. The minimum Gasteiger partial charge on any atom is -0.456 e. The SMILES string of the molecule is Cc1ccc(S(=O)(=O)Nc2c(C(c3ccc(-c4ccccc4)cc3)n3c(C)c(C)c4ccccc43)oc3ccccc23)cc1. The van der Waals surface area contributed by atoms with Crippen molar-refractivity contribution >= 4 is 37.6 Å². The lowest BCUT2D eigenvalue weighted by Gasteiger charge is -2.23. The van der Waals surface area contributed by atoms with Gasteiger partial charge in [-0.25, -0.2) is 8.42 Å². The Hall–Kier alpha value is -5.07. The lowest BCUT2D eigenvalue weighted by atomic mass is 9.98. The highest BCUT2D eigenvalue weighted by molar-refractivity contribution is 7.92. The van der Waals surface area contributed by atoms with Crippen LogP contribution in [0.1, 0.15) is 34.2 Å². The molecule has 0 aliphatic rings. The molecule has 1 N–H and O–H groups in total. The van der Waals surface area contributed by atoms with Gasteiger partial charge in [-0.15, -0.1) is 0 Å². The second-order valence-electron chi connectivity index (χ2n) is 11.2. The Morgan fingerprint density at radius 2 is 1.27 bits per heavy atom. The highest BCUT2D eigenvalue weighted by Crippen LogP contribution is 2.43. The molecule has 218 valence electrons. The summed E-state index contributed by atoms with van der Waals surface area (Å²) < 4.78 is 39.5. The number of aryl methyl sites for hydroxylation is 2. The zero-order valence-electron chi connectivity index (χ0n) is 24.8. The van der Waals surface area contributed by atoms with E-state index in [1.165, 1.54) is 5.56 Å². The molecule has 0 spiro atoms. The number of anilines is 1. The monoisotopic (exact) mass is 596 g/mol. The van der Waals surface area contributed by atoms with Gasteiger partial charge in [-0.05, 0) is 73.4 Å². The summed E-state index contributed by atoms with van der Waals surface area (Å²) >= 11 is 0. The number of furan rings is 1. The number of hydrogen-bond acceptors (Lipinski definition) is 3. The fourth-order valence-electron chi connectivity index (χ4n) is 6.07. The molecular formula is C38H32N2O3S. The second-order valence-corrected chi connectivity index (χ2v) is 12.9. The highest BCUT2D eigenvalue weighted by Gasteiger charge is 2.31. The van der Waals surface area contributed by atoms with Crippen LogP contribution in [0.4, 0.5) is 5.69 Å². The number of benzene rings is 5. The number of nitrogens with zero attached hydrogens (tertiary/aromatic N) is 1.